The number of fused-ring (bicyclic) bond motifs is 1. The first-order chi connectivity index (χ1) is 14.6. The highest BCUT2D eigenvalue weighted by Crippen LogP contribution is 2.47. The number of allylic oxidation sites excluding steroid dienone is 3. The molecule has 0 unspecified atom stereocenters. The third-order valence-electron chi connectivity index (χ3n) is 6.38. The number of hydrogen-bond acceptors (Lipinski definition) is 4. The number of Topliss-reactive ketones (excluding diaryl/α,β-unsaturated/α-hetero) is 1. The highest BCUT2D eigenvalue weighted by atomic mass is 16.5. The van der Waals surface area contributed by atoms with E-state index in [1.54, 1.807) is 19.1 Å². The highest BCUT2D eigenvalue weighted by molar-refractivity contribution is 5.99. The zero-order valence-corrected chi connectivity index (χ0v) is 18.9. The van der Waals surface area contributed by atoms with Gasteiger partial charge < -0.3 is 9.84 Å². The SMILES string of the molecule is COC(=O)/C=C(C)\C=C\[C@@]1(O)C(C)=C(Cc2cccc3ccccc23)C(=O)CC1(C)C. The predicted molar refractivity (Wildman–Crippen MR) is 124 cm³/mol. The van der Waals surface area contributed by atoms with Crippen LogP contribution in [0, 0.1) is 5.41 Å². The molecule has 2 aromatic carbocycles. The van der Waals surface area contributed by atoms with Gasteiger partial charge in [-0.15, -0.1) is 0 Å². The summed E-state index contributed by atoms with van der Waals surface area (Å²) in [6.45, 7) is 7.40. The molecule has 1 aliphatic carbocycles. The van der Waals surface area contributed by atoms with Gasteiger partial charge in [0, 0.05) is 29.9 Å². The van der Waals surface area contributed by atoms with Crippen LogP contribution in [0.15, 0.2) is 77.4 Å². The molecule has 2 aromatic rings. The summed E-state index contributed by atoms with van der Waals surface area (Å²) in [5, 5.41) is 14.0. The van der Waals surface area contributed by atoms with Gasteiger partial charge in [-0.1, -0.05) is 62.4 Å². The van der Waals surface area contributed by atoms with E-state index in [1.165, 1.54) is 13.2 Å². The largest absolute Gasteiger partial charge is 0.466 e. The van der Waals surface area contributed by atoms with Gasteiger partial charge in [0.15, 0.2) is 5.78 Å². The van der Waals surface area contributed by atoms with Gasteiger partial charge in [-0.3, -0.25) is 4.79 Å². The van der Waals surface area contributed by atoms with E-state index >= 15 is 0 Å². The van der Waals surface area contributed by atoms with Crippen LogP contribution in [0.2, 0.25) is 0 Å². The molecular formula is C27H30O4. The lowest BCUT2D eigenvalue weighted by molar-refractivity contribution is -0.134. The van der Waals surface area contributed by atoms with Gasteiger partial charge >= 0.3 is 5.97 Å². The number of carbonyl (C=O) groups is 2. The molecule has 1 aliphatic rings. The molecule has 0 spiro atoms. The Hall–Kier alpha value is -2.98. The zero-order valence-electron chi connectivity index (χ0n) is 18.9. The lowest BCUT2D eigenvalue weighted by Crippen LogP contribution is -2.49. The normalized spacial score (nSPS) is 21.7. The fourth-order valence-corrected chi connectivity index (χ4v) is 4.35. The van der Waals surface area contributed by atoms with Gasteiger partial charge in [0.1, 0.15) is 5.60 Å². The minimum Gasteiger partial charge on any atom is -0.466 e. The van der Waals surface area contributed by atoms with Gasteiger partial charge in [0.2, 0.25) is 0 Å². The van der Waals surface area contributed by atoms with E-state index in [4.69, 9.17) is 0 Å². The van der Waals surface area contributed by atoms with Gasteiger partial charge in [-0.2, -0.15) is 0 Å². The first-order valence-electron chi connectivity index (χ1n) is 10.5. The molecule has 0 aromatic heterocycles. The molecule has 31 heavy (non-hydrogen) atoms. The Morgan fingerprint density at radius 1 is 1.16 bits per heavy atom. The van der Waals surface area contributed by atoms with E-state index in [2.05, 4.69) is 22.9 Å². The fraction of sp³-hybridized carbons (Fsp3) is 0.333. The molecule has 0 amide bonds. The number of ether oxygens (including phenoxy) is 1. The molecule has 1 N–H and O–H groups in total. The third-order valence-corrected chi connectivity index (χ3v) is 6.38. The minimum absolute atomic E-state index is 0.0651. The van der Waals surface area contributed by atoms with Crippen molar-refractivity contribution in [3.63, 3.8) is 0 Å². The summed E-state index contributed by atoms with van der Waals surface area (Å²) in [6, 6.07) is 14.2. The topological polar surface area (TPSA) is 63.6 Å². The maximum Gasteiger partial charge on any atom is 0.330 e. The summed E-state index contributed by atoms with van der Waals surface area (Å²) in [5.74, 6) is -0.383. The number of aliphatic hydroxyl groups is 1. The summed E-state index contributed by atoms with van der Waals surface area (Å²) in [6.07, 6.45) is 5.50. The fourth-order valence-electron chi connectivity index (χ4n) is 4.35. The summed E-state index contributed by atoms with van der Waals surface area (Å²) in [5.41, 5.74) is 1.04. The van der Waals surface area contributed by atoms with Crippen LogP contribution in [0.3, 0.4) is 0 Å². The lowest BCUT2D eigenvalue weighted by Gasteiger charge is -2.46. The van der Waals surface area contributed by atoms with E-state index in [1.807, 2.05) is 45.0 Å². The van der Waals surface area contributed by atoms with Crippen LogP contribution in [-0.4, -0.2) is 29.6 Å². The third kappa shape index (κ3) is 4.40. The minimum atomic E-state index is -1.31. The number of ketones is 1. The second kappa shape index (κ2) is 8.64. The molecule has 1 atom stereocenters. The van der Waals surface area contributed by atoms with Crippen LogP contribution in [0.25, 0.3) is 10.8 Å². The number of rotatable bonds is 5. The van der Waals surface area contributed by atoms with Gasteiger partial charge in [0.25, 0.3) is 0 Å². The van der Waals surface area contributed by atoms with Crippen molar-refractivity contribution in [1.82, 2.24) is 0 Å². The van der Waals surface area contributed by atoms with E-state index < -0.39 is 17.0 Å². The van der Waals surface area contributed by atoms with Gasteiger partial charge in [0.05, 0.1) is 7.11 Å². The Morgan fingerprint density at radius 2 is 1.84 bits per heavy atom. The van der Waals surface area contributed by atoms with Crippen molar-refractivity contribution in [3.8, 4) is 0 Å². The van der Waals surface area contributed by atoms with E-state index in [-0.39, 0.29) is 12.2 Å². The quantitative estimate of drug-likeness (QED) is 0.417. The van der Waals surface area contributed by atoms with Gasteiger partial charge in [-0.05, 0) is 47.4 Å². The van der Waals surface area contributed by atoms with Crippen molar-refractivity contribution >= 4 is 22.5 Å². The second-order valence-electron chi connectivity index (χ2n) is 8.91. The van der Waals surface area contributed by atoms with Crippen LogP contribution in [-0.2, 0) is 20.7 Å². The van der Waals surface area contributed by atoms with Crippen molar-refractivity contribution in [2.24, 2.45) is 5.41 Å². The van der Waals surface area contributed by atoms with Crippen molar-refractivity contribution in [2.45, 2.75) is 46.1 Å². The molecule has 0 fully saturated rings. The van der Waals surface area contributed by atoms with E-state index in [0.717, 1.165) is 16.3 Å². The maximum atomic E-state index is 13.1. The van der Waals surface area contributed by atoms with Crippen LogP contribution < -0.4 is 0 Å². The van der Waals surface area contributed by atoms with Gasteiger partial charge in [-0.25, -0.2) is 4.79 Å². The van der Waals surface area contributed by atoms with Crippen LogP contribution in [0.4, 0.5) is 0 Å². The molecule has 0 bridgehead atoms. The molecule has 4 heteroatoms. The molecule has 162 valence electrons. The maximum absolute atomic E-state index is 13.1. The second-order valence-corrected chi connectivity index (χ2v) is 8.91. The number of methoxy groups -OCH3 is 1. The van der Waals surface area contributed by atoms with E-state index in [9.17, 15) is 14.7 Å². The molecule has 0 saturated heterocycles. The van der Waals surface area contributed by atoms with Crippen molar-refractivity contribution in [3.05, 3.63) is 83.0 Å². The number of esters is 1. The summed E-state index contributed by atoms with van der Waals surface area (Å²) in [7, 11) is 1.33. The predicted octanol–water partition coefficient (Wildman–Crippen LogP) is 5.10. The Morgan fingerprint density at radius 3 is 2.55 bits per heavy atom. The average Bonchev–Trinajstić information content (AvgIpc) is 2.73. The number of hydrogen-bond donors (Lipinski definition) is 1. The Bertz CT molecular complexity index is 1110. The molecular weight excluding hydrogens is 388 g/mol. The zero-order chi connectivity index (χ0) is 22.8. The molecule has 0 aliphatic heterocycles. The number of benzene rings is 2. The van der Waals surface area contributed by atoms with E-state index in [0.29, 0.717) is 23.1 Å². The molecule has 0 heterocycles. The first-order valence-corrected chi connectivity index (χ1v) is 10.5. The standard InChI is InChI=1S/C27H30O4/c1-18(15-25(29)31-5)13-14-27(30)19(2)23(24(28)17-26(27,3)4)16-21-11-8-10-20-9-6-7-12-22(20)21/h6-15,30H,16-17H2,1-5H3/b14-13+,18-15-/t27-/m1/s1. The van der Waals surface area contributed by atoms with Crippen molar-refractivity contribution < 1.29 is 19.4 Å². The Balaban J connectivity index is 2.06. The van der Waals surface area contributed by atoms with Crippen LogP contribution in [0.5, 0.6) is 0 Å². The van der Waals surface area contributed by atoms with Crippen LogP contribution in [0.1, 0.15) is 39.7 Å². The summed E-state index contributed by atoms with van der Waals surface area (Å²) < 4.78 is 4.67. The smallest absolute Gasteiger partial charge is 0.330 e. The summed E-state index contributed by atoms with van der Waals surface area (Å²) >= 11 is 0. The summed E-state index contributed by atoms with van der Waals surface area (Å²) in [4.78, 5) is 24.6. The van der Waals surface area contributed by atoms with Crippen molar-refractivity contribution in [2.75, 3.05) is 7.11 Å². The first kappa shape index (κ1) is 22.7. The molecule has 0 saturated carbocycles. The molecule has 0 radical (unpaired) electrons. The molecule has 3 rings (SSSR count). The Kier molecular flexibility index (Phi) is 6.33. The van der Waals surface area contributed by atoms with Crippen molar-refractivity contribution in [1.29, 1.82) is 0 Å². The lowest BCUT2D eigenvalue weighted by atomic mass is 9.62. The molecule has 4 nitrogen and oxygen atoms in total. The highest BCUT2D eigenvalue weighted by Gasteiger charge is 2.49. The Labute approximate surface area is 183 Å². The average molecular weight is 419 g/mol. The van der Waals surface area contributed by atoms with Crippen LogP contribution >= 0.6 is 0 Å². The monoisotopic (exact) mass is 418 g/mol. The number of carbonyl (C=O) groups excluding carboxylic acids is 2.